The number of hydrogen-bond donors (Lipinski definition) is 1. The number of nitrogens with one attached hydrogen (secondary N) is 1. The van der Waals surface area contributed by atoms with Gasteiger partial charge in [-0.1, -0.05) is 15.9 Å². The number of thioether (sulfide) groups is 1. The van der Waals surface area contributed by atoms with Crippen LogP contribution in [0.2, 0.25) is 0 Å². The van der Waals surface area contributed by atoms with E-state index in [1.54, 1.807) is 30.5 Å². The first-order valence-corrected chi connectivity index (χ1v) is 9.97. The van der Waals surface area contributed by atoms with Crippen molar-refractivity contribution in [2.45, 2.75) is 17.9 Å². The summed E-state index contributed by atoms with van der Waals surface area (Å²) in [6.45, 7) is 0.209. The van der Waals surface area contributed by atoms with Crippen molar-refractivity contribution in [3.8, 4) is 0 Å². The normalized spacial score (nSPS) is 13.1. The maximum absolute atomic E-state index is 12.4. The first-order chi connectivity index (χ1) is 12.5. The minimum Gasteiger partial charge on any atom is -0.325 e. The fourth-order valence-electron chi connectivity index (χ4n) is 2.66. The maximum atomic E-state index is 12.4. The predicted octanol–water partition coefficient (Wildman–Crippen LogP) is 3.58. The van der Waals surface area contributed by atoms with Gasteiger partial charge < -0.3 is 5.32 Å². The molecular weight excluding hydrogens is 418 g/mol. The number of anilines is 1. The third-order valence-corrected chi connectivity index (χ3v) is 5.10. The molecule has 0 saturated carbocycles. The minimum absolute atomic E-state index is 0.178. The van der Waals surface area contributed by atoms with Gasteiger partial charge >= 0.3 is 0 Å². The first-order valence-electron chi connectivity index (χ1n) is 7.95. The first kappa shape index (κ1) is 18.6. The molecule has 2 aromatic rings. The zero-order chi connectivity index (χ0) is 18.7. The van der Waals surface area contributed by atoms with Gasteiger partial charge in [0.1, 0.15) is 0 Å². The van der Waals surface area contributed by atoms with E-state index in [2.05, 4.69) is 26.2 Å². The number of aromatic nitrogens is 1. The summed E-state index contributed by atoms with van der Waals surface area (Å²) in [4.78, 5) is 42.1. The number of halogens is 1. The molecule has 0 aliphatic carbocycles. The molecule has 0 fully saturated rings. The van der Waals surface area contributed by atoms with Crippen molar-refractivity contribution in [2.24, 2.45) is 0 Å². The lowest BCUT2D eigenvalue weighted by molar-refractivity contribution is -0.116. The van der Waals surface area contributed by atoms with E-state index in [4.69, 9.17) is 0 Å². The number of hydrogen-bond acceptors (Lipinski definition) is 5. The number of carbonyl (C=O) groups excluding carboxylic acids is 3. The van der Waals surface area contributed by atoms with Gasteiger partial charge in [-0.2, -0.15) is 0 Å². The van der Waals surface area contributed by atoms with E-state index in [-0.39, 0.29) is 30.7 Å². The van der Waals surface area contributed by atoms with E-state index in [0.717, 1.165) is 9.50 Å². The molecule has 0 radical (unpaired) electrons. The van der Waals surface area contributed by atoms with Crippen LogP contribution in [0.15, 0.2) is 46.0 Å². The molecule has 0 spiro atoms. The molecule has 0 saturated heterocycles. The molecule has 1 aliphatic rings. The summed E-state index contributed by atoms with van der Waals surface area (Å²) in [6.07, 6.45) is 4.14. The van der Waals surface area contributed by atoms with Crippen molar-refractivity contribution in [1.29, 1.82) is 0 Å². The van der Waals surface area contributed by atoms with Gasteiger partial charge in [-0.05, 0) is 43.0 Å². The Bertz CT molecular complexity index is 870. The summed E-state index contributed by atoms with van der Waals surface area (Å²) in [7, 11) is 0. The lowest BCUT2D eigenvalue weighted by atomic mass is 10.1. The number of benzene rings is 1. The van der Waals surface area contributed by atoms with Gasteiger partial charge in [0.15, 0.2) is 0 Å². The second kappa shape index (κ2) is 8.01. The van der Waals surface area contributed by atoms with Crippen molar-refractivity contribution in [2.75, 3.05) is 18.1 Å². The van der Waals surface area contributed by atoms with Gasteiger partial charge in [-0.25, -0.2) is 4.98 Å². The van der Waals surface area contributed by atoms with E-state index in [1.807, 2.05) is 12.3 Å². The van der Waals surface area contributed by atoms with Crippen LogP contribution in [-0.4, -0.2) is 40.4 Å². The summed E-state index contributed by atoms with van der Waals surface area (Å²) < 4.78 is 0.750. The maximum Gasteiger partial charge on any atom is 0.261 e. The molecule has 8 heteroatoms. The van der Waals surface area contributed by atoms with Gasteiger partial charge in [0.2, 0.25) is 5.91 Å². The number of amides is 3. The van der Waals surface area contributed by atoms with Crippen LogP contribution >= 0.6 is 27.7 Å². The van der Waals surface area contributed by atoms with Gasteiger partial charge in [0.05, 0.1) is 28.0 Å². The van der Waals surface area contributed by atoms with E-state index >= 15 is 0 Å². The molecule has 6 nitrogen and oxygen atoms in total. The Labute approximate surface area is 163 Å². The SMILES string of the molecule is CSc1ccc(NC(=O)CCCN2C(=O)c3ccc(Br)cc3C2=O)cn1. The number of nitrogens with zero attached hydrogens (tertiary/aromatic N) is 2. The summed E-state index contributed by atoms with van der Waals surface area (Å²) in [5.74, 6) is -0.804. The highest BCUT2D eigenvalue weighted by atomic mass is 79.9. The second-order valence-corrected chi connectivity index (χ2v) is 7.44. The van der Waals surface area contributed by atoms with Crippen LogP contribution < -0.4 is 5.32 Å². The van der Waals surface area contributed by atoms with Crippen LogP contribution in [0.5, 0.6) is 0 Å². The molecule has 0 atom stereocenters. The third-order valence-electron chi connectivity index (χ3n) is 3.95. The van der Waals surface area contributed by atoms with Crippen LogP contribution in [0.4, 0.5) is 5.69 Å². The number of fused-ring (bicyclic) bond motifs is 1. The van der Waals surface area contributed by atoms with Crippen molar-refractivity contribution < 1.29 is 14.4 Å². The fourth-order valence-corrected chi connectivity index (χ4v) is 3.39. The van der Waals surface area contributed by atoms with E-state index in [0.29, 0.717) is 23.2 Å². The third kappa shape index (κ3) is 3.96. The van der Waals surface area contributed by atoms with Crippen LogP contribution in [0.25, 0.3) is 0 Å². The molecule has 0 unspecified atom stereocenters. The van der Waals surface area contributed by atoms with Crippen molar-refractivity contribution >= 4 is 51.1 Å². The number of pyridine rings is 1. The van der Waals surface area contributed by atoms with Crippen LogP contribution in [0, 0.1) is 0 Å². The molecule has 3 rings (SSSR count). The molecule has 1 N–H and O–H groups in total. The van der Waals surface area contributed by atoms with E-state index in [9.17, 15) is 14.4 Å². The zero-order valence-corrected chi connectivity index (χ0v) is 16.4. The minimum atomic E-state index is -0.316. The molecule has 134 valence electrons. The predicted molar refractivity (Wildman–Crippen MR) is 103 cm³/mol. The fraction of sp³-hybridized carbons (Fsp3) is 0.222. The van der Waals surface area contributed by atoms with E-state index in [1.165, 1.54) is 16.7 Å². The monoisotopic (exact) mass is 433 g/mol. The van der Waals surface area contributed by atoms with Crippen LogP contribution in [-0.2, 0) is 4.79 Å². The molecular formula is C18H16BrN3O3S. The van der Waals surface area contributed by atoms with Gasteiger partial charge in [0.25, 0.3) is 11.8 Å². The molecule has 26 heavy (non-hydrogen) atoms. The smallest absolute Gasteiger partial charge is 0.261 e. The lowest BCUT2D eigenvalue weighted by Crippen LogP contribution is -2.31. The highest BCUT2D eigenvalue weighted by molar-refractivity contribution is 9.10. The molecule has 1 aliphatic heterocycles. The average Bonchev–Trinajstić information content (AvgIpc) is 2.86. The Kier molecular flexibility index (Phi) is 5.73. The van der Waals surface area contributed by atoms with Gasteiger partial charge in [-0.3, -0.25) is 19.3 Å². The van der Waals surface area contributed by atoms with Gasteiger partial charge in [-0.15, -0.1) is 11.8 Å². The van der Waals surface area contributed by atoms with Crippen molar-refractivity contribution in [1.82, 2.24) is 9.88 Å². The zero-order valence-electron chi connectivity index (χ0n) is 14.0. The number of rotatable bonds is 6. The molecule has 3 amide bonds. The Morgan fingerprint density at radius 3 is 2.65 bits per heavy atom. The summed E-state index contributed by atoms with van der Waals surface area (Å²) >= 11 is 4.83. The second-order valence-electron chi connectivity index (χ2n) is 5.69. The van der Waals surface area contributed by atoms with Crippen LogP contribution in [0.3, 0.4) is 0 Å². The van der Waals surface area contributed by atoms with E-state index < -0.39 is 0 Å². The largest absolute Gasteiger partial charge is 0.325 e. The van der Waals surface area contributed by atoms with Crippen molar-refractivity contribution in [3.05, 3.63) is 52.1 Å². The highest BCUT2D eigenvalue weighted by Crippen LogP contribution is 2.26. The summed E-state index contributed by atoms with van der Waals surface area (Å²) in [5, 5.41) is 3.64. The molecule has 2 heterocycles. The summed E-state index contributed by atoms with van der Waals surface area (Å²) in [6, 6.07) is 8.64. The molecule has 0 bridgehead atoms. The number of carbonyl (C=O) groups is 3. The Morgan fingerprint density at radius 2 is 1.96 bits per heavy atom. The topological polar surface area (TPSA) is 79.4 Å². The van der Waals surface area contributed by atoms with Crippen LogP contribution in [0.1, 0.15) is 33.6 Å². The standard InChI is InChI=1S/C18H16BrN3O3S/c1-26-16-7-5-12(10-20-16)21-15(23)3-2-8-22-17(24)13-6-4-11(19)9-14(13)18(22)25/h4-7,9-10H,2-3,8H2,1H3,(H,21,23). The highest BCUT2D eigenvalue weighted by Gasteiger charge is 2.35. The Balaban J connectivity index is 1.52. The Morgan fingerprint density at radius 1 is 1.19 bits per heavy atom. The Hall–Kier alpha value is -2.19. The quantitative estimate of drug-likeness (QED) is 0.556. The average molecular weight is 434 g/mol. The van der Waals surface area contributed by atoms with Gasteiger partial charge in [0, 0.05) is 17.4 Å². The molecule has 1 aromatic carbocycles. The molecule has 1 aromatic heterocycles. The summed E-state index contributed by atoms with van der Waals surface area (Å²) in [5.41, 5.74) is 1.43. The lowest BCUT2D eigenvalue weighted by Gasteiger charge is -2.13. The van der Waals surface area contributed by atoms with Crippen molar-refractivity contribution in [3.63, 3.8) is 0 Å². The number of imide groups is 1.